The molecule has 3 aromatic carbocycles. The van der Waals surface area contributed by atoms with Gasteiger partial charge >= 0.3 is 0 Å². The van der Waals surface area contributed by atoms with Crippen molar-refractivity contribution in [2.75, 3.05) is 0 Å². The summed E-state index contributed by atoms with van der Waals surface area (Å²) >= 11 is 0. The minimum Gasteiger partial charge on any atom is -0.298 e. The van der Waals surface area contributed by atoms with Gasteiger partial charge in [-0.25, -0.2) is 4.98 Å². The van der Waals surface area contributed by atoms with Crippen LogP contribution in [-0.2, 0) is 0 Å². The van der Waals surface area contributed by atoms with E-state index in [0.717, 1.165) is 39.8 Å². The number of carbonyl (C=O) groups is 1. The van der Waals surface area contributed by atoms with E-state index in [1.807, 2.05) is 91.0 Å². The van der Waals surface area contributed by atoms with Gasteiger partial charge in [0.2, 0.25) is 0 Å². The number of aromatic nitrogens is 1. The third-order valence-corrected chi connectivity index (χ3v) is 4.83. The summed E-state index contributed by atoms with van der Waals surface area (Å²) in [6, 6.07) is 29.4. The molecular formula is C26H23N3O. The topological polar surface area (TPSA) is 54.0 Å². The standard InChI is InChI=1S/C26H23N3O/c1-2-11-23(19-12-5-3-6-13-19)28-29-26(30)22-18-25(20-14-7-4-8-15-20)27-24-17-10-9-16-21(22)24/h3-18,28H,2H2,1H3,(H,29,30)/b23-11-. The molecule has 0 fully saturated rings. The van der Waals surface area contributed by atoms with Gasteiger partial charge in [-0.15, -0.1) is 0 Å². The molecule has 1 amide bonds. The van der Waals surface area contributed by atoms with Gasteiger partial charge in [0.25, 0.3) is 5.91 Å². The molecule has 0 atom stereocenters. The number of fused-ring (bicyclic) bond motifs is 1. The summed E-state index contributed by atoms with van der Waals surface area (Å²) in [6.07, 6.45) is 2.90. The second-order valence-corrected chi connectivity index (χ2v) is 6.91. The molecule has 0 unspecified atom stereocenters. The highest BCUT2D eigenvalue weighted by Crippen LogP contribution is 2.24. The van der Waals surface area contributed by atoms with E-state index >= 15 is 0 Å². The highest BCUT2D eigenvalue weighted by atomic mass is 16.2. The Bertz CT molecular complexity index is 1180. The first-order chi connectivity index (χ1) is 14.8. The van der Waals surface area contributed by atoms with Crippen molar-refractivity contribution in [2.45, 2.75) is 13.3 Å². The average molecular weight is 393 g/mol. The Morgan fingerprint density at radius 3 is 2.27 bits per heavy atom. The van der Waals surface area contributed by atoms with E-state index in [1.165, 1.54) is 0 Å². The van der Waals surface area contributed by atoms with E-state index in [9.17, 15) is 4.79 Å². The summed E-state index contributed by atoms with van der Waals surface area (Å²) in [4.78, 5) is 17.9. The van der Waals surface area contributed by atoms with E-state index in [4.69, 9.17) is 4.98 Å². The number of para-hydroxylation sites is 1. The van der Waals surface area contributed by atoms with Crippen LogP contribution in [0.3, 0.4) is 0 Å². The molecule has 4 rings (SSSR count). The van der Waals surface area contributed by atoms with Crippen LogP contribution in [-0.4, -0.2) is 10.9 Å². The van der Waals surface area contributed by atoms with Gasteiger partial charge in [0.05, 0.1) is 22.5 Å². The lowest BCUT2D eigenvalue weighted by molar-refractivity contribution is 0.0944. The molecule has 0 bridgehead atoms. The zero-order valence-electron chi connectivity index (χ0n) is 16.8. The molecule has 1 heterocycles. The molecule has 0 spiro atoms. The molecule has 4 aromatic rings. The predicted molar refractivity (Wildman–Crippen MR) is 122 cm³/mol. The first-order valence-electron chi connectivity index (χ1n) is 10.0. The number of rotatable bonds is 6. The van der Waals surface area contributed by atoms with Gasteiger partial charge in [-0.05, 0) is 24.1 Å². The lowest BCUT2D eigenvalue weighted by Crippen LogP contribution is -2.36. The maximum Gasteiger partial charge on any atom is 0.270 e. The van der Waals surface area contributed by atoms with Crippen LogP contribution < -0.4 is 10.9 Å². The van der Waals surface area contributed by atoms with E-state index in [2.05, 4.69) is 23.9 Å². The van der Waals surface area contributed by atoms with Crippen LogP contribution in [0.1, 0.15) is 29.3 Å². The van der Waals surface area contributed by atoms with Crippen molar-refractivity contribution >= 4 is 22.5 Å². The highest BCUT2D eigenvalue weighted by Gasteiger charge is 2.14. The number of benzene rings is 3. The minimum absolute atomic E-state index is 0.205. The number of hydrogen-bond acceptors (Lipinski definition) is 3. The van der Waals surface area contributed by atoms with E-state index < -0.39 is 0 Å². The average Bonchev–Trinajstić information content (AvgIpc) is 2.82. The quantitative estimate of drug-likeness (QED) is 0.420. The molecule has 2 N–H and O–H groups in total. The minimum atomic E-state index is -0.205. The molecule has 0 saturated carbocycles. The number of hydrogen-bond donors (Lipinski definition) is 2. The Kier molecular flexibility index (Phi) is 5.85. The fraction of sp³-hybridized carbons (Fsp3) is 0.0769. The number of pyridine rings is 1. The van der Waals surface area contributed by atoms with Gasteiger partial charge in [-0.2, -0.15) is 0 Å². The second kappa shape index (κ2) is 9.05. The van der Waals surface area contributed by atoms with E-state index in [0.29, 0.717) is 5.56 Å². The molecule has 30 heavy (non-hydrogen) atoms. The van der Waals surface area contributed by atoms with Gasteiger partial charge in [-0.3, -0.25) is 15.6 Å². The summed E-state index contributed by atoms with van der Waals surface area (Å²) in [5.41, 5.74) is 11.0. The molecule has 148 valence electrons. The van der Waals surface area contributed by atoms with Crippen molar-refractivity contribution in [3.63, 3.8) is 0 Å². The van der Waals surface area contributed by atoms with Gasteiger partial charge in [0.15, 0.2) is 0 Å². The summed E-state index contributed by atoms with van der Waals surface area (Å²) in [5.74, 6) is -0.205. The number of hydrazine groups is 1. The Morgan fingerprint density at radius 2 is 1.53 bits per heavy atom. The molecule has 4 nitrogen and oxygen atoms in total. The van der Waals surface area contributed by atoms with Crippen LogP contribution in [0.25, 0.3) is 27.9 Å². The molecule has 0 saturated heterocycles. The second-order valence-electron chi connectivity index (χ2n) is 6.91. The fourth-order valence-electron chi connectivity index (χ4n) is 3.37. The zero-order chi connectivity index (χ0) is 20.8. The van der Waals surface area contributed by atoms with E-state index in [-0.39, 0.29) is 5.91 Å². The fourth-order valence-corrected chi connectivity index (χ4v) is 3.37. The first-order valence-corrected chi connectivity index (χ1v) is 10.0. The van der Waals surface area contributed by atoms with Crippen molar-refractivity contribution in [1.29, 1.82) is 0 Å². The van der Waals surface area contributed by atoms with E-state index in [1.54, 1.807) is 0 Å². The van der Waals surface area contributed by atoms with Crippen molar-refractivity contribution in [1.82, 2.24) is 15.8 Å². The molecule has 0 aliphatic carbocycles. The van der Waals surface area contributed by atoms with Crippen molar-refractivity contribution < 1.29 is 4.79 Å². The van der Waals surface area contributed by atoms with Crippen LogP contribution in [0.15, 0.2) is 97.1 Å². The monoisotopic (exact) mass is 393 g/mol. The smallest absolute Gasteiger partial charge is 0.270 e. The number of amides is 1. The van der Waals surface area contributed by atoms with Gasteiger partial charge in [-0.1, -0.05) is 91.9 Å². The van der Waals surface area contributed by atoms with Gasteiger partial charge in [0, 0.05) is 10.9 Å². The molecule has 0 radical (unpaired) electrons. The SMILES string of the molecule is CC/C=C(\NNC(=O)c1cc(-c2ccccc2)nc2ccccc12)c1ccccc1. The number of carbonyl (C=O) groups excluding carboxylic acids is 1. The Hall–Kier alpha value is -3.92. The first kappa shape index (κ1) is 19.4. The summed E-state index contributed by atoms with van der Waals surface area (Å²) in [7, 11) is 0. The molecular weight excluding hydrogens is 370 g/mol. The zero-order valence-corrected chi connectivity index (χ0v) is 16.8. The Balaban J connectivity index is 1.66. The maximum atomic E-state index is 13.2. The van der Waals surface area contributed by atoms with Crippen molar-refractivity contribution in [3.8, 4) is 11.3 Å². The summed E-state index contributed by atoms with van der Waals surface area (Å²) < 4.78 is 0. The van der Waals surface area contributed by atoms with Crippen LogP contribution in [0.5, 0.6) is 0 Å². The van der Waals surface area contributed by atoms with Crippen LogP contribution >= 0.6 is 0 Å². The lowest BCUT2D eigenvalue weighted by atomic mass is 10.0. The van der Waals surface area contributed by atoms with Crippen molar-refractivity contribution in [3.05, 3.63) is 108 Å². The third kappa shape index (κ3) is 4.23. The normalized spacial score (nSPS) is 11.3. The van der Waals surface area contributed by atoms with Crippen molar-refractivity contribution in [2.24, 2.45) is 0 Å². The van der Waals surface area contributed by atoms with Crippen LogP contribution in [0, 0.1) is 0 Å². The maximum absolute atomic E-state index is 13.2. The number of nitrogens with one attached hydrogen (secondary N) is 2. The third-order valence-electron chi connectivity index (χ3n) is 4.83. The van der Waals surface area contributed by atoms with Crippen LogP contribution in [0.2, 0.25) is 0 Å². The Labute approximate surface area is 176 Å². The molecule has 4 heteroatoms. The predicted octanol–water partition coefficient (Wildman–Crippen LogP) is 5.59. The highest BCUT2D eigenvalue weighted by molar-refractivity contribution is 6.07. The lowest BCUT2D eigenvalue weighted by Gasteiger charge is -2.14. The molecule has 0 aliphatic rings. The summed E-state index contributed by atoms with van der Waals surface area (Å²) in [6.45, 7) is 2.06. The largest absolute Gasteiger partial charge is 0.298 e. The number of allylic oxidation sites excluding steroid dienone is 1. The summed E-state index contributed by atoms with van der Waals surface area (Å²) in [5, 5.41) is 0.817. The van der Waals surface area contributed by atoms with Crippen LogP contribution in [0.4, 0.5) is 0 Å². The van der Waals surface area contributed by atoms with Gasteiger partial charge in [0.1, 0.15) is 0 Å². The Morgan fingerprint density at radius 1 is 0.867 bits per heavy atom. The number of nitrogens with zero attached hydrogens (tertiary/aromatic N) is 1. The molecule has 1 aromatic heterocycles. The van der Waals surface area contributed by atoms with Gasteiger partial charge < -0.3 is 0 Å². The molecule has 0 aliphatic heterocycles.